The van der Waals surface area contributed by atoms with Crippen LogP contribution < -0.4 is 10.5 Å². The van der Waals surface area contributed by atoms with Gasteiger partial charge in [-0.25, -0.2) is 4.98 Å². The number of rotatable bonds is 2. The van der Waals surface area contributed by atoms with Gasteiger partial charge in [0.15, 0.2) is 0 Å². The molecule has 0 saturated carbocycles. The zero-order chi connectivity index (χ0) is 11.5. The second-order valence-corrected chi connectivity index (χ2v) is 3.77. The summed E-state index contributed by atoms with van der Waals surface area (Å²) >= 11 is 0. The Kier molecular flexibility index (Phi) is 2.77. The minimum Gasteiger partial charge on any atom is -0.437 e. The maximum absolute atomic E-state index is 5.88. The van der Waals surface area contributed by atoms with E-state index in [4.69, 9.17) is 10.5 Å². The van der Waals surface area contributed by atoms with Crippen LogP contribution in [-0.2, 0) is 0 Å². The van der Waals surface area contributed by atoms with Gasteiger partial charge in [0.1, 0.15) is 5.75 Å². The van der Waals surface area contributed by atoms with Gasteiger partial charge in [-0.3, -0.25) is 0 Å². The summed E-state index contributed by atoms with van der Waals surface area (Å²) in [7, 11) is 0. The minimum absolute atomic E-state index is 0.464. The molecule has 16 heavy (non-hydrogen) atoms. The van der Waals surface area contributed by atoms with Gasteiger partial charge in [-0.05, 0) is 43.2 Å². The van der Waals surface area contributed by atoms with Crippen LogP contribution in [0.2, 0.25) is 0 Å². The van der Waals surface area contributed by atoms with Crippen LogP contribution in [0.15, 0.2) is 36.5 Å². The van der Waals surface area contributed by atoms with Crippen molar-refractivity contribution >= 4 is 5.69 Å². The van der Waals surface area contributed by atoms with Crippen molar-refractivity contribution in [2.75, 3.05) is 5.73 Å². The fourth-order valence-corrected chi connectivity index (χ4v) is 1.42. The predicted octanol–water partition coefficient (Wildman–Crippen LogP) is 3.07. The largest absolute Gasteiger partial charge is 0.437 e. The smallest absolute Gasteiger partial charge is 0.242 e. The summed E-state index contributed by atoms with van der Waals surface area (Å²) in [5, 5.41) is 0. The number of ether oxygens (including phenoxy) is 1. The van der Waals surface area contributed by atoms with E-state index < -0.39 is 0 Å². The Bertz CT molecular complexity index is 509. The molecule has 0 aliphatic heterocycles. The summed E-state index contributed by atoms with van der Waals surface area (Å²) < 4.78 is 5.63. The van der Waals surface area contributed by atoms with Crippen LogP contribution in [0.3, 0.4) is 0 Å². The van der Waals surface area contributed by atoms with Gasteiger partial charge in [0.25, 0.3) is 0 Å². The number of aryl methyl sites for hydroxylation is 2. The quantitative estimate of drug-likeness (QED) is 0.835. The van der Waals surface area contributed by atoms with Crippen LogP contribution in [0.4, 0.5) is 5.69 Å². The highest BCUT2D eigenvalue weighted by Gasteiger charge is 2.05. The average molecular weight is 214 g/mol. The van der Waals surface area contributed by atoms with E-state index in [1.54, 1.807) is 6.20 Å². The summed E-state index contributed by atoms with van der Waals surface area (Å²) in [6.07, 6.45) is 1.69. The SMILES string of the molecule is Cc1cccc(Oc2nccc(C)c2N)c1. The Hall–Kier alpha value is -2.03. The minimum atomic E-state index is 0.464. The number of anilines is 1. The molecule has 2 N–H and O–H groups in total. The van der Waals surface area contributed by atoms with Gasteiger partial charge in [-0.2, -0.15) is 0 Å². The Morgan fingerprint density at radius 2 is 2.00 bits per heavy atom. The monoisotopic (exact) mass is 214 g/mol. The molecule has 1 aromatic heterocycles. The Labute approximate surface area is 94.9 Å². The molecular formula is C13H14N2O. The Balaban J connectivity index is 2.31. The zero-order valence-corrected chi connectivity index (χ0v) is 9.40. The first-order valence-electron chi connectivity index (χ1n) is 5.12. The van der Waals surface area contributed by atoms with Gasteiger partial charge in [0.05, 0.1) is 5.69 Å². The normalized spacial score (nSPS) is 10.1. The van der Waals surface area contributed by atoms with Gasteiger partial charge in [-0.1, -0.05) is 12.1 Å². The first-order chi connectivity index (χ1) is 7.66. The highest BCUT2D eigenvalue weighted by molar-refractivity contribution is 5.55. The molecule has 0 bridgehead atoms. The van der Waals surface area contributed by atoms with E-state index in [0.29, 0.717) is 11.6 Å². The molecular weight excluding hydrogens is 200 g/mol. The molecule has 0 unspecified atom stereocenters. The third-order valence-corrected chi connectivity index (χ3v) is 2.38. The average Bonchev–Trinajstić information content (AvgIpc) is 2.25. The molecule has 2 aromatic rings. The van der Waals surface area contributed by atoms with Crippen molar-refractivity contribution in [1.29, 1.82) is 0 Å². The van der Waals surface area contributed by atoms with Gasteiger partial charge in [0.2, 0.25) is 5.88 Å². The van der Waals surface area contributed by atoms with Crippen molar-refractivity contribution in [3.63, 3.8) is 0 Å². The molecule has 0 saturated heterocycles. The van der Waals surface area contributed by atoms with Crippen LogP contribution in [0.5, 0.6) is 11.6 Å². The molecule has 82 valence electrons. The van der Waals surface area contributed by atoms with Gasteiger partial charge in [-0.15, -0.1) is 0 Å². The van der Waals surface area contributed by atoms with Gasteiger partial charge < -0.3 is 10.5 Å². The number of nitrogen functional groups attached to an aromatic ring is 1. The first-order valence-corrected chi connectivity index (χ1v) is 5.12. The van der Waals surface area contributed by atoms with Crippen LogP contribution in [0, 0.1) is 13.8 Å². The van der Waals surface area contributed by atoms with E-state index >= 15 is 0 Å². The van der Waals surface area contributed by atoms with E-state index in [9.17, 15) is 0 Å². The summed E-state index contributed by atoms with van der Waals surface area (Å²) in [5.41, 5.74) is 8.58. The third kappa shape index (κ3) is 2.14. The fourth-order valence-electron chi connectivity index (χ4n) is 1.42. The molecule has 0 atom stereocenters. The van der Waals surface area contributed by atoms with E-state index in [-0.39, 0.29) is 0 Å². The van der Waals surface area contributed by atoms with E-state index in [1.807, 2.05) is 44.2 Å². The number of hydrogen-bond acceptors (Lipinski definition) is 3. The van der Waals surface area contributed by atoms with Crippen molar-refractivity contribution in [2.45, 2.75) is 13.8 Å². The van der Waals surface area contributed by atoms with E-state index in [1.165, 1.54) is 0 Å². The second-order valence-electron chi connectivity index (χ2n) is 3.77. The maximum Gasteiger partial charge on any atom is 0.242 e. The number of benzene rings is 1. The van der Waals surface area contributed by atoms with E-state index in [0.717, 1.165) is 16.9 Å². The van der Waals surface area contributed by atoms with Gasteiger partial charge in [0, 0.05) is 6.20 Å². The summed E-state index contributed by atoms with van der Waals surface area (Å²) in [4.78, 5) is 4.12. The molecule has 0 amide bonds. The third-order valence-electron chi connectivity index (χ3n) is 2.38. The molecule has 2 rings (SSSR count). The van der Waals surface area contributed by atoms with Crippen LogP contribution in [-0.4, -0.2) is 4.98 Å². The maximum atomic E-state index is 5.88. The molecule has 1 aromatic carbocycles. The Morgan fingerprint density at radius 1 is 1.19 bits per heavy atom. The van der Waals surface area contributed by atoms with E-state index in [2.05, 4.69) is 4.98 Å². The number of hydrogen-bond donors (Lipinski definition) is 1. The van der Waals surface area contributed by atoms with Crippen molar-refractivity contribution in [3.05, 3.63) is 47.7 Å². The molecule has 0 aliphatic carbocycles. The van der Waals surface area contributed by atoms with Crippen molar-refractivity contribution in [2.24, 2.45) is 0 Å². The highest BCUT2D eigenvalue weighted by Crippen LogP contribution is 2.27. The van der Waals surface area contributed by atoms with Gasteiger partial charge >= 0.3 is 0 Å². The van der Waals surface area contributed by atoms with Crippen LogP contribution in [0.1, 0.15) is 11.1 Å². The first kappa shape index (κ1) is 10.5. The predicted molar refractivity (Wildman–Crippen MR) is 64.6 cm³/mol. The highest BCUT2D eigenvalue weighted by atomic mass is 16.5. The number of aromatic nitrogens is 1. The molecule has 0 radical (unpaired) electrons. The lowest BCUT2D eigenvalue weighted by Gasteiger charge is -2.08. The number of nitrogens with two attached hydrogens (primary N) is 1. The van der Waals surface area contributed by atoms with Crippen LogP contribution >= 0.6 is 0 Å². The molecule has 0 spiro atoms. The second kappa shape index (κ2) is 4.23. The molecule has 3 heteroatoms. The van der Waals surface area contributed by atoms with Crippen molar-refractivity contribution in [1.82, 2.24) is 4.98 Å². The molecule has 3 nitrogen and oxygen atoms in total. The summed E-state index contributed by atoms with van der Waals surface area (Å²) in [6, 6.07) is 9.65. The van der Waals surface area contributed by atoms with Crippen molar-refractivity contribution < 1.29 is 4.74 Å². The lowest BCUT2D eigenvalue weighted by molar-refractivity contribution is 0.465. The molecule has 0 aliphatic rings. The van der Waals surface area contributed by atoms with Crippen molar-refractivity contribution in [3.8, 4) is 11.6 Å². The lowest BCUT2D eigenvalue weighted by Crippen LogP contribution is -1.97. The number of nitrogens with zero attached hydrogens (tertiary/aromatic N) is 1. The molecule has 0 fully saturated rings. The standard InChI is InChI=1S/C13H14N2O/c1-9-4-3-5-11(8-9)16-13-12(14)10(2)6-7-15-13/h3-8H,14H2,1-2H3. The zero-order valence-electron chi connectivity index (χ0n) is 9.40. The topological polar surface area (TPSA) is 48.1 Å². The summed E-state index contributed by atoms with van der Waals surface area (Å²) in [5.74, 6) is 1.22. The van der Waals surface area contributed by atoms with Crippen LogP contribution in [0.25, 0.3) is 0 Å². The fraction of sp³-hybridized carbons (Fsp3) is 0.154. The lowest BCUT2D eigenvalue weighted by atomic mass is 10.2. The Morgan fingerprint density at radius 3 is 2.75 bits per heavy atom. The number of pyridine rings is 1. The summed E-state index contributed by atoms with van der Waals surface area (Å²) in [6.45, 7) is 3.94. The molecule has 1 heterocycles.